The standard InChI is InChI=1S/C22H18FN3O4S/c1-14(21(27)24-15-9-11-17(12-10-15)26(29)30)31-18-6-4-5-16(13-18)25-22(28)19-7-2-3-8-20(19)23/h2-14H,1H3,(H,24,27)(H,25,28). The predicted octanol–water partition coefficient (Wildman–Crippen LogP) is 5.11. The molecule has 0 saturated heterocycles. The summed E-state index contributed by atoms with van der Waals surface area (Å²) in [5.41, 5.74) is 0.807. The maximum absolute atomic E-state index is 13.8. The SMILES string of the molecule is CC(Sc1cccc(NC(=O)c2ccccc2F)c1)C(=O)Nc1ccc([N+](=O)[O-])cc1. The summed E-state index contributed by atoms with van der Waals surface area (Å²) in [5, 5.41) is 15.6. The van der Waals surface area contributed by atoms with Gasteiger partial charge in [0, 0.05) is 28.4 Å². The van der Waals surface area contributed by atoms with Crippen molar-refractivity contribution in [3.05, 3.63) is 94.3 Å². The Hall–Kier alpha value is -3.72. The molecule has 9 heteroatoms. The van der Waals surface area contributed by atoms with Crippen LogP contribution in [-0.2, 0) is 4.79 Å². The molecule has 0 radical (unpaired) electrons. The van der Waals surface area contributed by atoms with Gasteiger partial charge in [0.05, 0.1) is 15.7 Å². The number of anilines is 2. The van der Waals surface area contributed by atoms with Gasteiger partial charge in [-0.2, -0.15) is 0 Å². The number of amides is 2. The van der Waals surface area contributed by atoms with E-state index in [0.29, 0.717) is 11.4 Å². The molecule has 2 amide bonds. The second-order valence-corrected chi connectivity index (χ2v) is 7.93. The molecule has 1 atom stereocenters. The Morgan fingerprint density at radius 2 is 1.68 bits per heavy atom. The van der Waals surface area contributed by atoms with Gasteiger partial charge in [0.1, 0.15) is 5.82 Å². The van der Waals surface area contributed by atoms with E-state index in [1.54, 1.807) is 37.3 Å². The Bertz CT molecular complexity index is 1120. The van der Waals surface area contributed by atoms with Crippen LogP contribution in [0, 0.1) is 15.9 Å². The highest BCUT2D eigenvalue weighted by molar-refractivity contribution is 8.00. The number of benzene rings is 3. The molecule has 31 heavy (non-hydrogen) atoms. The monoisotopic (exact) mass is 439 g/mol. The third-order valence-corrected chi connectivity index (χ3v) is 5.33. The van der Waals surface area contributed by atoms with Crippen molar-refractivity contribution in [1.82, 2.24) is 0 Å². The maximum Gasteiger partial charge on any atom is 0.269 e. The lowest BCUT2D eigenvalue weighted by molar-refractivity contribution is -0.384. The summed E-state index contributed by atoms with van der Waals surface area (Å²) in [6, 6.07) is 18.1. The second kappa shape index (κ2) is 9.86. The molecular formula is C22H18FN3O4S. The van der Waals surface area contributed by atoms with Crippen LogP contribution in [0.3, 0.4) is 0 Å². The zero-order chi connectivity index (χ0) is 22.4. The van der Waals surface area contributed by atoms with Crippen molar-refractivity contribution in [1.29, 1.82) is 0 Å². The van der Waals surface area contributed by atoms with Gasteiger partial charge in [0.25, 0.3) is 11.6 Å². The Labute approximate surface area is 181 Å². The number of non-ortho nitro benzene ring substituents is 1. The molecule has 0 saturated carbocycles. The number of nitro groups is 1. The average molecular weight is 439 g/mol. The fourth-order valence-corrected chi connectivity index (χ4v) is 3.59. The molecule has 0 aliphatic rings. The first kappa shape index (κ1) is 22.0. The topological polar surface area (TPSA) is 101 Å². The molecular weight excluding hydrogens is 421 g/mol. The van der Waals surface area contributed by atoms with Gasteiger partial charge in [0.15, 0.2) is 0 Å². The highest BCUT2D eigenvalue weighted by atomic mass is 32.2. The quantitative estimate of drug-likeness (QED) is 0.303. The van der Waals surface area contributed by atoms with Crippen LogP contribution < -0.4 is 10.6 Å². The molecule has 0 aliphatic carbocycles. The molecule has 3 rings (SSSR count). The molecule has 0 aliphatic heterocycles. The molecule has 7 nitrogen and oxygen atoms in total. The Balaban J connectivity index is 1.61. The van der Waals surface area contributed by atoms with E-state index in [1.807, 2.05) is 0 Å². The number of nitrogens with one attached hydrogen (secondary N) is 2. The summed E-state index contributed by atoms with van der Waals surface area (Å²) in [4.78, 5) is 35.7. The van der Waals surface area contributed by atoms with Gasteiger partial charge in [-0.15, -0.1) is 11.8 Å². The van der Waals surface area contributed by atoms with Crippen molar-refractivity contribution in [3.8, 4) is 0 Å². The first-order chi connectivity index (χ1) is 14.8. The molecule has 1 unspecified atom stereocenters. The minimum Gasteiger partial charge on any atom is -0.325 e. The van der Waals surface area contributed by atoms with E-state index in [4.69, 9.17) is 0 Å². The Kier molecular flexibility index (Phi) is 6.99. The molecule has 0 fully saturated rings. The van der Waals surface area contributed by atoms with Gasteiger partial charge in [-0.3, -0.25) is 19.7 Å². The minimum absolute atomic E-state index is 0.0589. The maximum atomic E-state index is 13.8. The van der Waals surface area contributed by atoms with Gasteiger partial charge in [-0.25, -0.2) is 4.39 Å². The lowest BCUT2D eigenvalue weighted by atomic mass is 10.2. The predicted molar refractivity (Wildman–Crippen MR) is 118 cm³/mol. The van der Waals surface area contributed by atoms with Crippen molar-refractivity contribution < 1.29 is 18.9 Å². The van der Waals surface area contributed by atoms with Gasteiger partial charge < -0.3 is 10.6 Å². The number of nitrogens with zero attached hydrogens (tertiary/aromatic N) is 1. The van der Waals surface area contributed by atoms with E-state index >= 15 is 0 Å². The van der Waals surface area contributed by atoms with Crippen LogP contribution in [0.2, 0.25) is 0 Å². The van der Waals surface area contributed by atoms with Crippen molar-refractivity contribution in [2.45, 2.75) is 17.1 Å². The molecule has 0 heterocycles. The fourth-order valence-electron chi connectivity index (χ4n) is 2.66. The number of thioether (sulfide) groups is 1. The number of carbonyl (C=O) groups excluding carboxylic acids is 2. The van der Waals surface area contributed by atoms with E-state index in [1.165, 1.54) is 54.2 Å². The van der Waals surface area contributed by atoms with Crippen LogP contribution in [0.5, 0.6) is 0 Å². The van der Waals surface area contributed by atoms with Gasteiger partial charge in [-0.05, 0) is 49.4 Å². The minimum atomic E-state index is -0.609. The van der Waals surface area contributed by atoms with Crippen LogP contribution in [0.15, 0.2) is 77.7 Å². The fraction of sp³-hybridized carbons (Fsp3) is 0.0909. The molecule has 3 aromatic carbocycles. The van der Waals surface area contributed by atoms with Crippen LogP contribution in [-0.4, -0.2) is 22.0 Å². The Morgan fingerprint density at radius 1 is 0.968 bits per heavy atom. The van der Waals surface area contributed by atoms with Gasteiger partial charge in [0.2, 0.25) is 5.91 Å². The first-order valence-corrected chi connectivity index (χ1v) is 10.1. The number of nitro benzene ring substituents is 1. The molecule has 3 aromatic rings. The number of hydrogen-bond donors (Lipinski definition) is 2. The van der Waals surface area contributed by atoms with Crippen molar-refractivity contribution in [2.75, 3.05) is 10.6 Å². The van der Waals surface area contributed by atoms with Gasteiger partial charge in [-0.1, -0.05) is 18.2 Å². The number of hydrogen-bond acceptors (Lipinski definition) is 5. The van der Waals surface area contributed by atoms with Crippen LogP contribution >= 0.6 is 11.8 Å². The molecule has 0 spiro atoms. The van der Waals surface area contributed by atoms with E-state index in [-0.39, 0.29) is 17.2 Å². The summed E-state index contributed by atoms with van der Waals surface area (Å²) in [6.45, 7) is 1.72. The third-order valence-electron chi connectivity index (χ3n) is 4.24. The molecule has 158 valence electrons. The van der Waals surface area contributed by atoms with Crippen molar-refractivity contribution in [3.63, 3.8) is 0 Å². The highest BCUT2D eigenvalue weighted by Gasteiger charge is 2.16. The number of carbonyl (C=O) groups is 2. The second-order valence-electron chi connectivity index (χ2n) is 6.52. The zero-order valence-electron chi connectivity index (χ0n) is 16.4. The molecule has 0 bridgehead atoms. The highest BCUT2D eigenvalue weighted by Crippen LogP contribution is 2.27. The Morgan fingerprint density at radius 3 is 2.35 bits per heavy atom. The van der Waals surface area contributed by atoms with Crippen LogP contribution in [0.25, 0.3) is 0 Å². The van der Waals surface area contributed by atoms with Crippen LogP contribution in [0.4, 0.5) is 21.5 Å². The zero-order valence-corrected chi connectivity index (χ0v) is 17.2. The normalized spacial score (nSPS) is 11.4. The smallest absolute Gasteiger partial charge is 0.269 e. The number of halogens is 1. The average Bonchev–Trinajstić information content (AvgIpc) is 2.74. The van der Waals surface area contributed by atoms with Crippen LogP contribution in [0.1, 0.15) is 17.3 Å². The third kappa shape index (κ3) is 5.89. The summed E-state index contributed by atoms with van der Waals surface area (Å²) in [7, 11) is 0. The molecule has 0 aromatic heterocycles. The largest absolute Gasteiger partial charge is 0.325 e. The van der Waals surface area contributed by atoms with Gasteiger partial charge >= 0.3 is 0 Å². The summed E-state index contributed by atoms with van der Waals surface area (Å²) in [5.74, 6) is -1.45. The summed E-state index contributed by atoms with van der Waals surface area (Å²) in [6.07, 6.45) is 0. The first-order valence-electron chi connectivity index (χ1n) is 9.21. The van der Waals surface area contributed by atoms with E-state index in [2.05, 4.69) is 10.6 Å². The van der Waals surface area contributed by atoms with Crippen molar-refractivity contribution in [2.24, 2.45) is 0 Å². The van der Waals surface area contributed by atoms with E-state index in [9.17, 15) is 24.1 Å². The molecule has 2 N–H and O–H groups in total. The van der Waals surface area contributed by atoms with Crippen molar-refractivity contribution >= 4 is 40.6 Å². The summed E-state index contributed by atoms with van der Waals surface area (Å²) >= 11 is 1.27. The lowest BCUT2D eigenvalue weighted by Gasteiger charge is -2.13. The van der Waals surface area contributed by atoms with E-state index in [0.717, 1.165) is 4.90 Å². The van der Waals surface area contributed by atoms with E-state index < -0.39 is 21.9 Å². The lowest BCUT2D eigenvalue weighted by Crippen LogP contribution is -2.22. The number of rotatable bonds is 7. The summed E-state index contributed by atoms with van der Waals surface area (Å²) < 4.78 is 13.8.